The van der Waals surface area contributed by atoms with Crippen LogP contribution in [-0.4, -0.2) is 39.3 Å². The molecule has 0 bridgehead atoms. The lowest BCUT2D eigenvalue weighted by molar-refractivity contribution is 0.0689. The molecule has 2 heterocycles. The van der Waals surface area contributed by atoms with Gasteiger partial charge in [-0.25, -0.2) is 9.78 Å². The monoisotopic (exact) mass is 440 g/mol. The molecule has 1 fully saturated rings. The predicted octanol–water partition coefficient (Wildman–Crippen LogP) is 3.84. The summed E-state index contributed by atoms with van der Waals surface area (Å²) < 4.78 is 0. The second kappa shape index (κ2) is 8.99. The van der Waals surface area contributed by atoms with Gasteiger partial charge in [0.2, 0.25) is 0 Å². The number of carbonyl (C=O) groups excluding carboxylic acids is 2. The molecule has 0 aliphatic heterocycles. The lowest BCUT2D eigenvalue weighted by Gasteiger charge is -2.23. The number of Topliss-reactive ketones (excluding diaryl/α,β-unsaturated/α-hetero) is 1. The number of nitrogens with one attached hydrogen (secondary N) is 2. The molecule has 1 aromatic carbocycles. The van der Waals surface area contributed by atoms with Crippen LogP contribution in [0.2, 0.25) is 0 Å². The van der Waals surface area contributed by atoms with Crippen LogP contribution in [0.3, 0.4) is 0 Å². The summed E-state index contributed by atoms with van der Waals surface area (Å²) >= 11 is 1.22. The molecule has 5 N–H and O–H groups in total. The fourth-order valence-corrected chi connectivity index (χ4v) is 4.51. The van der Waals surface area contributed by atoms with Crippen LogP contribution in [0.4, 0.5) is 5.13 Å². The summed E-state index contributed by atoms with van der Waals surface area (Å²) in [6, 6.07) is 5.00. The highest BCUT2D eigenvalue weighted by Gasteiger charge is 2.23. The van der Waals surface area contributed by atoms with Gasteiger partial charge in [-0.05, 0) is 49.1 Å². The summed E-state index contributed by atoms with van der Waals surface area (Å²) in [4.78, 5) is 43.8. The number of amides is 1. The molecule has 0 saturated heterocycles. The highest BCUT2D eigenvalue weighted by atomic mass is 32.1. The quantitative estimate of drug-likeness (QED) is 0.373. The molecule has 0 spiro atoms. The maximum absolute atomic E-state index is 12.8. The average molecular weight is 441 g/mol. The van der Waals surface area contributed by atoms with Gasteiger partial charge < -0.3 is 15.8 Å². The number of carbonyl (C=O) groups is 3. The Bertz CT molecular complexity index is 1150. The number of carboxylic acids is 1. The molecule has 8 nitrogen and oxygen atoms in total. The Hall–Kier alpha value is -3.04. The van der Waals surface area contributed by atoms with E-state index in [-0.39, 0.29) is 17.4 Å². The molecular formula is C22H24N4O4S. The number of aryl methyl sites for hydroxylation is 1. The number of fused-ring (bicyclic) bond motifs is 1. The number of aromatic amines is 1. The van der Waals surface area contributed by atoms with Gasteiger partial charge in [-0.3, -0.25) is 14.9 Å². The first-order valence-corrected chi connectivity index (χ1v) is 11.2. The number of thiazole rings is 1. The van der Waals surface area contributed by atoms with Gasteiger partial charge in [0.05, 0.1) is 0 Å². The fourth-order valence-electron chi connectivity index (χ4n) is 3.80. The molecule has 0 unspecified atom stereocenters. The minimum absolute atomic E-state index is 0.0148. The predicted molar refractivity (Wildman–Crippen MR) is 119 cm³/mol. The van der Waals surface area contributed by atoms with Gasteiger partial charge in [0, 0.05) is 28.3 Å². The van der Waals surface area contributed by atoms with Gasteiger partial charge in [0.1, 0.15) is 11.4 Å². The number of ketones is 1. The van der Waals surface area contributed by atoms with Crippen molar-refractivity contribution in [2.75, 3.05) is 11.9 Å². The molecule has 3 aromatic rings. The zero-order valence-corrected chi connectivity index (χ0v) is 17.8. The first-order chi connectivity index (χ1) is 15.0. The van der Waals surface area contributed by atoms with Gasteiger partial charge in [-0.2, -0.15) is 0 Å². The van der Waals surface area contributed by atoms with Crippen LogP contribution in [-0.2, 0) is 6.42 Å². The van der Waals surface area contributed by atoms with Crippen LogP contribution >= 0.6 is 11.3 Å². The van der Waals surface area contributed by atoms with Crippen molar-refractivity contribution in [3.05, 3.63) is 46.1 Å². The Morgan fingerprint density at radius 1 is 1.29 bits per heavy atom. The van der Waals surface area contributed by atoms with E-state index >= 15 is 0 Å². The summed E-state index contributed by atoms with van der Waals surface area (Å²) in [5.41, 5.74) is 7.78. The molecule has 1 amide bonds. The fraction of sp³-hybridized carbons (Fsp3) is 0.364. The Balaban J connectivity index is 1.52. The largest absolute Gasteiger partial charge is 0.477 e. The normalized spacial score (nSPS) is 13.8. The van der Waals surface area contributed by atoms with Crippen LogP contribution in [0.5, 0.6) is 0 Å². The van der Waals surface area contributed by atoms with E-state index in [1.807, 2.05) is 0 Å². The molecule has 0 radical (unpaired) electrons. The Morgan fingerprint density at radius 2 is 2.10 bits per heavy atom. The van der Waals surface area contributed by atoms with Crippen LogP contribution in [0, 0.1) is 5.92 Å². The number of anilines is 1. The summed E-state index contributed by atoms with van der Waals surface area (Å²) in [6.45, 7) is 0.442. The van der Waals surface area contributed by atoms with E-state index in [2.05, 4.69) is 15.3 Å². The van der Waals surface area contributed by atoms with Gasteiger partial charge in [-0.15, -0.1) is 11.3 Å². The van der Waals surface area contributed by atoms with Crippen LogP contribution in [0.1, 0.15) is 69.0 Å². The highest BCUT2D eigenvalue weighted by Crippen LogP contribution is 2.31. The number of aromatic carboxylic acids is 1. The number of hydrogen-bond acceptors (Lipinski definition) is 6. The highest BCUT2D eigenvalue weighted by molar-refractivity contribution is 7.14. The Morgan fingerprint density at radius 3 is 2.77 bits per heavy atom. The van der Waals surface area contributed by atoms with Crippen molar-refractivity contribution in [3.63, 3.8) is 0 Å². The van der Waals surface area contributed by atoms with Crippen molar-refractivity contribution in [2.45, 2.75) is 38.5 Å². The second-order valence-corrected chi connectivity index (χ2v) is 8.71. The summed E-state index contributed by atoms with van der Waals surface area (Å²) in [7, 11) is 0. The lowest BCUT2D eigenvalue weighted by atomic mass is 9.81. The van der Waals surface area contributed by atoms with Crippen molar-refractivity contribution >= 4 is 45.0 Å². The summed E-state index contributed by atoms with van der Waals surface area (Å²) in [5.74, 6) is -0.932. The number of H-pyrrole nitrogens is 1. The van der Waals surface area contributed by atoms with Crippen molar-refractivity contribution < 1.29 is 19.5 Å². The molecule has 1 aliphatic carbocycles. The van der Waals surface area contributed by atoms with Gasteiger partial charge in [-0.1, -0.05) is 19.3 Å². The van der Waals surface area contributed by atoms with Gasteiger partial charge in [0.25, 0.3) is 5.91 Å². The third kappa shape index (κ3) is 4.52. The molecule has 1 saturated carbocycles. The van der Waals surface area contributed by atoms with Crippen LogP contribution in [0.25, 0.3) is 10.9 Å². The molecular weight excluding hydrogens is 416 g/mol. The standard InChI is InChI=1S/C22H24N4O4S/c23-8-2-5-14-15-10-13(6-7-16(15)24-19(14)21(29)30)20(28)26-22-25-17(11-31-22)18(27)9-12-3-1-4-12/h6-7,10-12,24H,1-5,8-9,23H2,(H,29,30)(H,25,26,28). The summed E-state index contributed by atoms with van der Waals surface area (Å²) in [6.07, 6.45) is 5.03. The molecule has 4 rings (SSSR count). The van der Waals surface area contributed by atoms with Gasteiger partial charge in [0.15, 0.2) is 10.9 Å². The number of hydrogen-bond donors (Lipinski definition) is 4. The van der Waals surface area contributed by atoms with E-state index in [0.717, 1.165) is 12.8 Å². The molecule has 162 valence electrons. The van der Waals surface area contributed by atoms with Crippen molar-refractivity contribution in [1.82, 2.24) is 9.97 Å². The number of nitrogens with two attached hydrogens (primary N) is 1. The third-order valence-electron chi connectivity index (χ3n) is 5.72. The van der Waals surface area contributed by atoms with Gasteiger partial charge >= 0.3 is 5.97 Å². The van der Waals surface area contributed by atoms with E-state index in [4.69, 9.17) is 5.73 Å². The third-order valence-corrected chi connectivity index (χ3v) is 6.48. The number of nitrogens with zero attached hydrogens (tertiary/aromatic N) is 1. The Labute approximate surface area is 182 Å². The maximum Gasteiger partial charge on any atom is 0.352 e. The first kappa shape index (κ1) is 21.2. The SMILES string of the molecule is NCCCc1c(C(=O)O)[nH]c2ccc(C(=O)Nc3nc(C(=O)CC4CCC4)cs3)cc12. The van der Waals surface area contributed by atoms with E-state index in [9.17, 15) is 19.5 Å². The zero-order chi connectivity index (χ0) is 22.0. The molecule has 1 aliphatic rings. The van der Waals surface area contributed by atoms with Crippen molar-refractivity contribution in [2.24, 2.45) is 11.7 Å². The number of rotatable bonds is 9. The first-order valence-electron chi connectivity index (χ1n) is 10.3. The number of aromatic nitrogens is 2. The lowest BCUT2D eigenvalue weighted by Crippen LogP contribution is -2.16. The zero-order valence-electron chi connectivity index (χ0n) is 16.9. The van der Waals surface area contributed by atoms with E-state index in [0.29, 0.717) is 64.6 Å². The smallest absolute Gasteiger partial charge is 0.352 e. The minimum atomic E-state index is -1.05. The number of benzene rings is 1. The Kier molecular flexibility index (Phi) is 6.15. The van der Waals surface area contributed by atoms with Crippen LogP contribution < -0.4 is 11.1 Å². The van der Waals surface area contributed by atoms with E-state index < -0.39 is 5.97 Å². The topological polar surface area (TPSA) is 138 Å². The molecule has 2 aromatic heterocycles. The second-order valence-electron chi connectivity index (χ2n) is 7.85. The maximum atomic E-state index is 12.8. The minimum Gasteiger partial charge on any atom is -0.477 e. The summed E-state index contributed by atoms with van der Waals surface area (Å²) in [5, 5.41) is 15.0. The number of carboxylic acid groups (broad SMARTS) is 1. The average Bonchev–Trinajstić information content (AvgIpc) is 3.33. The molecule has 0 atom stereocenters. The van der Waals surface area contributed by atoms with Crippen LogP contribution in [0.15, 0.2) is 23.6 Å². The van der Waals surface area contributed by atoms with Crippen molar-refractivity contribution in [3.8, 4) is 0 Å². The van der Waals surface area contributed by atoms with Crippen molar-refractivity contribution in [1.29, 1.82) is 0 Å². The molecule has 9 heteroatoms. The van der Waals surface area contributed by atoms with E-state index in [1.165, 1.54) is 17.8 Å². The van der Waals surface area contributed by atoms with E-state index in [1.54, 1.807) is 23.6 Å². The molecule has 31 heavy (non-hydrogen) atoms.